The van der Waals surface area contributed by atoms with Crippen molar-refractivity contribution in [3.8, 4) is 0 Å². The Labute approximate surface area is 128 Å². The molecule has 0 saturated heterocycles. The molecule has 122 valence electrons. The van der Waals surface area contributed by atoms with Gasteiger partial charge in [0.1, 0.15) is 0 Å². The summed E-state index contributed by atoms with van der Waals surface area (Å²) in [7, 11) is -2.98. The SMILES string of the molecule is CCCC[Si](C)(C)O[Si](C)(C)CCCOCCCCO. The van der Waals surface area contributed by atoms with E-state index in [9.17, 15) is 0 Å². The summed E-state index contributed by atoms with van der Waals surface area (Å²) in [5.74, 6) is 0. The summed E-state index contributed by atoms with van der Waals surface area (Å²) >= 11 is 0. The van der Waals surface area contributed by atoms with Crippen LogP contribution in [-0.2, 0) is 8.85 Å². The Morgan fingerprint density at radius 2 is 1.35 bits per heavy atom. The number of unbranched alkanes of at least 4 members (excludes halogenated alkanes) is 2. The molecule has 0 spiro atoms. The lowest BCUT2D eigenvalue weighted by molar-refractivity contribution is 0.125. The maximum Gasteiger partial charge on any atom is 0.173 e. The van der Waals surface area contributed by atoms with Gasteiger partial charge in [0.15, 0.2) is 16.6 Å². The van der Waals surface area contributed by atoms with Crippen molar-refractivity contribution in [1.82, 2.24) is 0 Å². The van der Waals surface area contributed by atoms with Crippen LogP contribution >= 0.6 is 0 Å². The number of aliphatic hydroxyl groups excluding tert-OH is 1. The smallest absolute Gasteiger partial charge is 0.173 e. The maximum absolute atomic E-state index is 8.68. The molecule has 5 heteroatoms. The fourth-order valence-corrected chi connectivity index (χ4v) is 11.5. The van der Waals surface area contributed by atoms with E-state index in [4.69, 9.17) is 14.0 Å². The highest BCUT2D eigenvalue weighted by atomic mass is 28.4. The zero-order valence-corrected chi connectivity index (χ0v) is 16.3. The average molecular weight is 321 g/mol. The zero-order valence-electron chi connectivity index (χ0n) is 14.3. The Bertz CT molecular complexity index is 233. The molecule has 0 aliphatic heterocycles. The molecule has 0 rings (SSSR count). The minimum absolute atomic E-state index is 0.272. The van der Waals surface area contributed by atoms with Crippen LogP contribution in [0.1, 0.15) is 39.0 Å². The van der Waals surface area contributed by atoms with E-state index in [1.54, 1.807) is 0 Å². The van der Waals surface area contributed by atoms with Gasteiger partial charge in [0.2, 0.25) is 0 Å². The van der Waals surface area contributed by atoms with Crippen molar-refractivity contribution in [2.24, 2.45) is 0 Å². The lowest BCUT2D eigenvalue weighted by atomic mass is 10.3. The van der Waals surface area contributed by atoms with Crippen LogP contribution in [0.4, 0.5) is 0 Å². The van der Waals surface area contributed by atoms with Crippen LogP contribution in [0.15, 0.2) is 0 Å². The molecular weight excluding hydrogens is 284 g/mol. The lowest BCUT2D eigenvalue weighted by Gasteiger charge is -2.34. The highest BCUT2D eigenvalue weighted by molar-refractivity contribution is 6.84. The van der Waals surface area contributed by atoms with E-state index in [1.165, 1.54) is 24.9 Å². The zero-order chi connectivity index (χ0) is 15.5. The fraction of sp³-hybridized carbons (Fsp3) is 1.00. The Balaban J connectivity index is 3.77. The number of aliphatic hydroxyl groups is 1. The highest BCUT2D eigenvalue weighted by Crippen LogP contribution is 2.24. The molecule has 0 aromatic heterocycles. The summed E-state index contributed by atoms with van der Waals surface area (Å²) in [6, 6.07) is 2.48. The molecule has 3 nitrogen and oxygen atoms in total. The fourth-order valence-electron chi connectivity index (χ4n) is 2.47. The molecular formula is C15H36O3Si2. The first-order chi connectivity index (χ1) is 9.33. The van der Waals surface area contributed by atoms with Crippen LogP contribution in [0.5, 0.6) is 0 Å². The van der Waals surface area contributed by atoms with Gasteiger partial charge in [-0.1, -0.05) is 19.8 Å². The Kier molecular flexibility index (Phi) is 11.1. The molecule has 1 N–H and O–H groups in total. The first-order valence-electron chi connectivity index (χ1n) is 8.22. The normalized spacial score (nSPS) is 12.9. The molecule has 0 fully saturated rings. The molecule has 20 heavy (non-hydrogen) atoms. The highest BCUT2D eigenvalue weighted by Gasteiger charge is 2.31. The second kappa shape index (κ2) is 11.0. The van der Waals surface area contributed by atoms with Crippen molar-refractivity contribution < 1.29 is 14.0 Å². The molecule has 0 bridgehead atoms. The van der Waals surface area contributed by atoms with Gasteiger partial charge in [0.25, 0.3) is 0 Å². The van der Waals surface area contributed by atoms with Gasteiger partial charge in [-0.2, -0.15) is 0 Å². The van der Waals surface area contributed by atoms with E-state index in [0.717, 1.165) is 32.5 Å². The number of ether oxygens (including phenoxy) is 1. The second-order valence-corrected chi connectivity index (χ2v) is 15.7. The summed E-state index contributed by atoms with van der Waals surface area (Å²) < 4.78 is 12.2. The molecule has 0 aromatic rings. The average Bonchev–Trinajstić information content (AvgIpc) is 2.34. The Hall–Kier alpha value is 0.314. The first-order valence-corrected chi connectivity index (χ1v) is 14.4. The van der Waals surface area contributed by atoms with Crippen molar-refractivity contribution in [1.29, 1.82) is 0 Å². The summed E-state index contributed by atoms with van der Waals surface area (Å²) in [6.07, 6.45) is 5.49. The van der Waals surface area contributed by atoms with Crippen LogP contribution in [-0.4, -0.2) is 41.6 Å². The predicted molar refractivity (Wildman–Crippen MR) is 92.3 cm³/mol. The van der Waals surface area contributed by atoms with Gasteiger partial charge in [-0.15, -0.1) is 0 Å². The molecule has 0 aliphatic carbocycles. The van der Waals surface area contributed by atoms with Gasteiger partial charge >= 0.3 is 0 Å². The van der Waals surface area contributed by atoms with Crippen molar-refractivity contribution in [3.05, 3.63) is 0 Å². The van der Waals surface area contributed by atoms with Crippen molar-refractivity contribution >= 4 is 16.6 Å². The van der Waals surface area contributed by atoms with Gasteiger partial charge in [-0.25, -0.2) is 0 Å². The predicted octanol–water partition coefficient (Wildman–Crippen LogP) is 4.39. The third-order valence-electron chi connectivity index (χ3n) is 3.45. The largest absolute Gasteiger partial charge is 0.455 e. The van der Waals surface area contributed by atoms with Gasteiger partial charge < -0.3 is 14.0 Å². The second-order valence-electron chi connectivity index (χ2n) is 6.87. The van der Waals surface area contributed by atoms with Crippen LogP contribution in [0.2, 0.25) is 38.3 Å². The van der Waals surface area contributed by atoms with Crippen LogP contribution in [0.3, 0.4) is 0 Å². The standard InChI is InChI=1S/C15H36O3Si2/c1-6-7-14-19(2,3)18-20(4,5)15-10-13-17-12-9-8-11-16/h16H,6-15H2,1-5H3. The Morgan fingerprint density at radius 1 is 0.800 bits per heavy atom. The first kappa shape index (κ1) is 20.3. The molecule has 0 aromatic carbocycles. The molecule has 0 aliphatic rings. The topological polar surface area (TPSA) is 38.7 Å². The third-order valence-corrected chi connectivity index (χ3v) is 11.0. The third kappa shape index (κ3) is 12.1. The monoisotopic (exact) mass is 320 g/mol. The van der Waals surface area contributed by atoms with E-state index < -0.39 is 16.6 Å². The summed E-state index contributed by atoms with van der Waals surface area (Å²) in [5.41, 5.74) is 0. The minimum atomic E-state index is -1.52. The van der Waals surface area contributed by atoms with E-state index in [0.29, 0.717) is 0 Å². The van der Waals surface area contributed by atoms with E-state index in [2.05, 4.69) is 33.1 Å². The Morgan fingerprint density at radius 3 is 1.90 bits per heavy atom. The quantitative estimate of drug-likeness (QED) is 0.404. The van der Waals surface area contributed by atoms with E-state index in [-0.39, 0.29) is 6.61 Å². The maximum atomic E-state index is 8.68. The molecule has 0 unspecified atom stereocenters. The van der Waals surface area contributed by atoms with Crippen LogP contribution in [0, 0.1) is 0 Å². The summed E-state index contributed by atoms with van der Waals surface area (Å²) in [6.45, 7) is 13.6. The molecule has 0 atom stereocenters. The van der Waals surface area contributed by atoms with Crippen LogP contribution in [0.25, 0.3) is 0 Å². The lowest BCUT2D eigenvalue weighted by Crippen LogP contribution is -2.44. The molecule has 0 radical (unpaired) electrons. The van der Waals surface area contributed by atoms with Gasteiger partial charge in [0, 0.05) is 19.8 Å². The van der Waals surface area contributed by atoms with E-state index in [1.807, 2.05) is 0 Å². The van der Waals surface area contributed by atoms with Gasteiger partial charge in [-0.3, -0.25) is 0 Å². The van der Waals surface area contributed by atoms with Crippen molar-refractivity contribution in [2.45, 2.75) is 77.3 Å². The van der Waals surface area contributed by atoms with Gasteiger partial charge in [0.05, 0.1) is 0 Å². The van der Waals surface area contributed by atoms with Crippen molar-refractivity contribution in [2.75, 3.05) is 19.8 Å². The summed E-state index contributed by atoms with van der Waals surface area (Å²) in [5, 5.41) is 8.68. The van der Waals surface area contributed by atoms with Gasteiger partial charge in [-0.05, 0) is 57.5 Å². The molecule has 0 saturated carbocycles. The summed E-state index contributed by atoms with van der Waals surface area (Å²) in [4.78, 5) is 0. The number of hydrogen-bond acceptors (Lipinski definition) is 3. The number of hydrogen-bond donors (Lipinski definition) is 1. The number of rotatable bonds is 13. The molecule has 0 heterocycles. The minimum Gasteiger partial charge on any atom is -0.455 e. The van der Waals surface area contributed by atoms with Crippen LogP contribution < -0.4 is 0 Å². The van der Waals surface area contributed by atoms with E-state index >= 15 is 0 Å². The molecule has 0 amide bonds. The van der Waals surface area contributed by atoms with Crippen molar-refractivity contribution in [3.63, 3.8) is 0 Å².